The molecule has 170 valence electrons. The molecule has 5 aromatic rings. The van der Waals surface area contributed by atoms with Crippen LogP contribution in [0.3, 0.4) is 0 Å². The maximum Gasteiger partial charge on any atom is 0.272 e. The number of nitrogens with one attached hydrogen (secondary N) is 1. The van der Waals surface area contributed by atoms with E-state index in [-0.39, 0.29) is 17.2 Å². The molecule has 5 rings (SSSR count). The second-order valence-corrected chi connectivity index (χ2v) is 10.1. The van der Waals surface area contributed by atoms with Gasteiger partial charge in [-0.3, -0.25) is 14.2 Å². The SMILES string of the molecule is Cc1ccc(Cn2c(SCC(=O)Nc3ccc(C)cc3)nc3c(sc4ncccc43)c2=O)cc1. The number of carbonyl (C=O) groups is 1. The van der Waals surface area contributed by atoms with E-state index in [1.165, 1.54) is 23.1 Å². The zero-order valence-electron chi connectivity index (χ0n) is 18.7. The molecule has 0 radical (unpaired) electrons. The lowest BCUT2D eigenvalue weighted by Gasteiger charge is -2.12. The molecule has 34 heavy (non-hydrogen) atoms. The van der Waals surface area contributed by atoms with E-state index < -0.39 is 0 Å². The smallest absolute Gasteiger partial charge is 0.272 e. The van der Waals surface area contributed by atoms with E-state index in [0.29, 0.717) is 21.9 Å². The van der Waals surface area contributed by atoms with Gasteiger partial charge in [0.25, 0.3) is 5.56 Å². The van der Waals surface area contributed by atoms with Gasteiger partial charge >= 0.3 is 0 Å². The van der Waals surface area contributed by atoms with E-state index in [2.05, 4.69) is 10.3 Å². The summed E-state index contributed by atoms with van der Waals surface area (Å²) >= 11 is 2.62. The Morgan fingerprint density at radius 1 is 1.03 bits per heavy atom. The van der Waals surface area contributed by atoms with E-state index in [0.717, 1.165) is 32.6 Å². The van der Waals surface area contributed by atoms with Gasteiger partial charge in [0.05, 0.1) is 17.8 Å². The molecule has 6 nitrogen and oxygen atoms in total. The average molecular weight is 487 g/mol. The van der Waals surface area contributed by atoms with Gasteiger partial charge in [-0.15, -0.1) is 11.3 Å². The number of amides is 1. The van der Waals surface area contributed by atoms with Crippen molar-refractivity contribution in [2.75, 3.05) is 11.1 Å². The predicted molar refractivity (Wildman–Crippen MR) is 140 cm³/mol. The quantitative estimate of drug-likeness (QED) is 0.257. The van der Waals surface area contributed by atoms with Crippen LogP contribution in [0.1, 0.15) is 16.7 Å². The summed E-state index contributed by atoms with van der Waals surface area (Å²) < 4.78 is 2.24. The Kier molecular flexibility index (Phi) is 6.17. The molecule has 0 saturated carbocycles. The highest BCUT2D eigenvalue weighted by Gasteiger charge is 2.18. The number of thiophene rings is 1. The number of pyridine rings is 1. The molecule has 0 aliphatic carbocycles. The standard InChI is InChI=1S/C26H22N4O2S2/c1-16-5-9-18(10-6-16)14-30-25(32)23-22(20-4-3-13-27-24(20)34-23)29-26(30)33-15-21(31)28-19-11-7-17(2)8-12-19/h3-13H,14-15H2,1-2H3,(H,28,31). The molecule has 0 unspecified atom stereocenters. The lowest BCUT2D eigenvalue weighted by atomic mass is 10.1. The highest BCUT2D eigenvalue weighted by Crippen LogP contribution is 2.30. The molecule has 0 saturated heterocycles. The van der Waals surface area contributed by atoms with Crippen LogP contribution in [0, 0.1) is 13.8 Å². The molecule has 0 bridgehead atoms. The minimum absolute atomic E-state index is 0.116. The number of carbonyl (C=O) groups excluding carboxylic acids is 1. The highest BCUT2D eigenvalue weighted by molar-refractivity contribution is 7.99. The fourth-order valence-electron chi connectivity index (χ4n) is 3.63. The number of thioether (sulfide) groups is 1. The molecular weight excluding hydrogens is 464 g/mol. The summed E-state index contributed by atoms with van der Waals surface area (Å²) in [6.45, 7) is 4.41. The third kappa shape index (κ3) is 4.60. The Balaban J connectivity index is 1.50. The zero-order valence-corrected chi connectivity index (χ0v) is 20.4. The maximum absolute atomic E-state index is 13.5. The van der Waals surface area contributed by atoms with Gasteiger partial charge < -0.3 is 5.32 Å². The minimum atomic E-state index is -0.151. The third-order valence-corrected chi connectivity index (χ3v) is 7.51. The lowest BCUT2D eigenvalue weighted by molar-refractivity contribution is -0.113. The monoisotopic (exact) mass is 486 g/mol. The number of fused-ring (bicyclic) bond motifs is 3. The Morgan fingerprint density at radius 2 is 1.74 bits per heavy atom. The van der Waals surface area contributed by atoms with E-state index in [4.69, 9.17) is 4.98 Å². The van der Waals surface area contributed by atoms with E-state index in [9.17, 15) is 9.59 Å². The van der Waals surface area contributed by atoms with Gasteiger partial charge in [0.1, 0.15) is 9.53 Å². The summed E-state index contributed by atoms with van der Waals surface area (Å²) in [5.41, 5.74) is 4.55. The molecule has 1 N–H and O–H groups in total. The largest absolute Gasteiger partial charge is 0.325 e. The van der Waals surface area contributed by atoms with Crippen LogP contribution in [-0.2, 0) is 11.3 Å². The van der Waals surface area contributed by atoms with Crippen LogP contribution in [0.2, 0.25) is 0 Å². The number of aromatic nitrogens is 3. The fraction of sp³-hybridized carbons (Fsp3) is 0.154. The second-order valence-electron chi connectivity index (χ2n) is 8.11. The van der Waals surface area contributed by atoms with Crippen LogP contribution in [0.25, 0.3) is 20.4 Å². The number of benzene rings is 2. The minimum Gasteiger partial charge on any atom is -0.325 e. The number of nitrogens with zero attached hydrogens (tertiary/aromatic N) is 3. The van der Waals surface area contributed by atoms with Gasteiger partial charge in [0.2, 0.25) is 5.91 Å². The average Bonchev–Trinajstić information content (AvgIpc) is 3.21. The van der Waals surface area contributed by atoms with Gasteiger partial charge in [0, 0.05) is 17.3 Å². The van der Waals surface area contributed by atoms with Crippen molar-refractivity contribution in [3.8, 4) is 0 Å². The van der Waals surface area contributed by atoms with Crippen molar-refractivity contribution in [1.29, 1.82) is 0 Å². The highest BCUT2D eigenvalue weighted by atomic mass is 32.2. The molecule has 0 aliphatic rings. The van der Waals surface area contributed by atoms with Crippen LogP contribution in [0.5, 0.6) is 0 Å². The lowest BCUT2D eigenvalue weighted by Crippen LogP contribution is -2.24. The molecule has 0 fully saturated rings. The van der Waals surface area contributed by atoms with Crippen molar-refractivity contribution in [1.82, 2.24) is 14.5 Å². The summed E-state index contributed by atoms with van der Waals surface area (Å²) in [6, 6.07) is 19.5. The van der Waals surface area contributed by atoms with Crippen LogP contribution in [-0.4, -0.2) is 26.2 Å². The summed E-state index contributed by atoms with van der Waals surface area (Å²) in [5, 5.41) is 4.28. The van der Waals surface area contributed by atoms with Crippen molar-refractivity contribution >= 4 is 55.1 Å². The number of hydrogen-bond acceptors (Lipinski definition) is 6. The third-order valence-electron chi connectivity index (χ3n) is 5.45. The zero-order chi connectivity index (χ0) is 23.7. The van der Waals surface area contributed by atoms with Crippen LogP contribution in [0.4, 0.5) is 5.69 Å². The van der Waals surface area contributed by atoms with Crippen molar-refractivity contribution in [2.24, 2.45) is 0 Å². The number of anilines is 1. The number of rotatable bonds is 6. The topological polar surface area (TPSA) is 76.9 Å². The number of aryl methyl sites for hydroxylation is 2. The first-order valence-electron chi connectivity index (χ1n) is 10.8. The van der Waals surface area contributed by atoms with Crippen LogP contribution >= 0.6 is 23.1 Å². The Bertz CT molecular complexity index is 1550. The van der Waals surface area contributed by atoms with Gasteiger partial charge in [-0.05, 0) is 43.7 Å². The summed E-state index contributed by atoms with van der Waals surface area (Å²) in [7, 11) is 0. The van der Waals surface area contributed by atoms with Crippen molar-refractivity contribution < 1.29 is 4.79 Å². The molecule has 8 heteroatoms. The number of hydrogen-bond donors (Lipinski definition) is 1. The maximum atomic E-state index is 13.5. The van der Waals surface area contributed by atoms with E-state index in [1.54, 1.807) is 10.8 Å². The summed E-state index contributed by atoms with van der Waals surface area (Å²) in [4.78, 5) is 36.2. The first-order chi connectivity index (χ1) is 16.5. The van der Waals surface area contributed by atoms with Gasteiger partial charge in [0.15, 0.2) is 5.16 Å². The van der Waals surface area contributed by atoms with E-state index >= 15 is 0 Å². The van der Waals surface area contributed by atoms with Crippen LogP contribution < -0.4 is 10.9 Å². The molecule has 2 aromatic carbocycles. The molecule has 3 aromatic heterocycles. The Morgan fingerprint density at radius 3 is 2.47 bits per heavy atom. The van der Waals surface area contributed by atoms with Gasteiger partial charge in [-0.2, -0.15) is 0 Å². The molecule has 1 amide bonds. The first-order valence-corrected chi connectivity index (χ1v) is 12.6. The Labute approximate surface area is 204 Å². The molecule has 0 aliphatic heterocycles. The second kappa shape index (κ2) is 9.40. The molecule has 0 spiro atoms. The predicted octanol–water partition coefficient (Wildman–Crippen LogP) is 5.40. The molecule has 0 atom stereocenters. The van der Waals surface area contributed by atoms with Crippen molar-refractivity contribution in [2.45, 2.75) is 25.5 Å². The van der Waals surface area contributed by atoms with Crippen molar-refractivity contribution in [3.05, 3.63) is 93.9 Å². The fourth-order valence-corrected chi connectivity index (χ4v) is 5.45. The molecule has 3 heterocycles. The first kappa shape index (κ1) is 22.3. The van der Waals surface area contributed by atoms with Gasteiger partial charge in [-0.25, -0.2) is 9.97 Å². The summed E-state index contributed by atoms with van der Waals surface area (Å²) in [6.07, 6.45) is 1.72. The van der Waals surface area contributed by atoms with Crippen molar-refractivity contribution in [3.63, 3.8) is 0 Å². The summed E-state index contributed by atoms with van der Waals surface area (Å²) in [5.74, 6) is -0.0121. The van der Waals surface area contributed by atoms with Crippen LogP contribution in [0.15, 0.2) is 76.8 Å². The van der Waals surface area contributed by atoms with E-state index in [1.807, 2.05) is 74.5 Å². The Hall–Kier alpha value is -3.49. The van der Waals surface area contributed by atoms with Gasteiger partial charge in [-0.1, -0.05) is 59.3 Å². The molecular formula is C26H22N4O2S2. The normalized spacial score (nSPS) is 11.2.